The van der Waals surface area contributed by atoms with E-state index in [1.165, 1.54) is 12.1 Å². The number of aryl methyl sites for hydroxylation is 1. The van der Waals surface area contributed by atoms with Crippen molar-refractivity contribution in [2.24, 2.45) is 7.05 Å². The van der Waals surface area contributed by atoms with Gasteiger partial charge in [0.05, 0.1) is 23.8 Å². The fourth-order valence-corrected chi connectivity index (χ4v) is 2.26. The first-order valence-electron chi connectivity index (χ1n) is 6.54. The van der Waals surface area contributed by atoms with Crippen molar-refractivity contribution in [3.05, 3.63) is 59.0 Å². The van der Waals surface area contributed by atoms with Crippen LogP contribution in [0.5, 0.6) is 5.75 Å². The minimum absolute atomic E-state index is 0.110. The first-order valence-corrected chi connectivity index (χ1v) is 6.54. The second kappa shape index (κ2) is 5.40. The number of halogens is 1. The molecular weight excluding hydrogens is 273 g/mol. The molecule has 0 N–H and O–H groups in total. The van der Waals surface area contributed by atoms with Crippen LogP contribution in [0.1, 0.15) is 0 Å². The van der Waals surface area contributed by atoms with Crippen LogP contribution >= 0.6 is 0 Å². The van der Waals surface area contributed by atoms with Gasteiger partial charge in [0.25, 0.3) is 0 Å². The lowest BCUT2D eigenvalue weighted by molar-refractivity contribution is 0.297. The van der Waals surface area contributed by atoms with E-state index in [1.54, 1.807) is 46.8 Å². The van der Waals surface area contributed by atoms with Gasteiger partial charge in [-0.15, -0.1) is 0 Å². The smallest absolute Gasteiger partial charge is 0.329 e. The van der Waals surface area contributed by atoms with Crippen molar-refractivity contribution in [3.8, 4) is 5.75 Å². The maximum Gasteiger partial charge on any atom is 0.329 e. The zero-order valence-electron chi connectivity index (χ0n) is 11.5. The maximum atomic E-state index is 12.8. The van der Waals surface area contributed by atoms with E-state index >= 15 is 0 Å². The van der Waals surface area contributed by atoms with Gasteiger partial charge in [0.2, 0.25) is 0 Å². The molecule has 1 aromatic carbocycles. The summed E-state index contributed by atoms with van der Waals surface area (Å²) in [6.07, 6.45) is 3.32. The lowest BCUT2D eigenvalue weighted by Gasteiger charge is -2.06. The summed E-state index contributed by atoms with van der Waals surface area (Å²) in [5.41, 5.74) is 1.49. The third-order valence-electron chi connectivity index (χ3n) is 3.34. The second-order valence-corrected chi connectivity index (χ2v) is 4.66. The van der Waals surface area contributed by atoms with Gasteiger partial charge in [-0.25, -0.2) is 9.18 Å². The normalized spacial score (nSPS) is 11.0. The van der Waals surface area contributed by atoms with Crippen LogP contribution in [0.3, 0.4) is 0 Å². The first-order chi connectivity index (χ1) is 10.2. The summed E-state index contributed by atoms with van der Waals surface area (Å²) in [5, 5.41) is 0. The molecule has 5 nitrogen and oxygen atoms in total. The van der Waals surface area contributed by atoms with Crippen molar-refractivity contribution in [1.29, 1.82) is 0 Å². The average molecular weight is 287 g/mol. The molecule has 21 heavy (non-hydrogen) atoms. The first kappa shape index (κ1) is 13.4. The Labute approximate surface area is 120 Å². The van der Waals surface area contributed by atoms with Gasteiger partial charge in [-0.1, -0.05) is 0 Å². The Morgan fingerprint density at radius 3 is 2.71 bits per heavy atom. The third kappa shape index (κ3) is 2.52. The van der Waals surface area contributed by atoms with E-state index in [0.717, 1.165) is 11.0 Å². The van der Waals surface area contributed by atoms with Crippen LogP contribution in [0.15, 0.2) is 47.5 Å². The Hall–Kier alpha value is -2.63. The number of fused-ring (bicyclic) bond motifs is 1. The lowest BCUT2D eigenvalue weighted by atomic mass is 10.3. The molecule has 0 fully saturated rings. The van der Waals surface area contributed by atoms with Gasteiger partial charge in [0.15, 0.2) is 0 Å². The van der Waals surface area contributed by atoms with Crippen molar-refractivity contribution in [3.63, 3.8) is 0 Å². The number of hydrogen-bond donors (Lipinski definition) is 0. The molecule has 0 saturated carbocycles. The summed E-state index contributed by atoms with van der Waals surface area (Å²) < 4.78 is 21.5. The van der Waals surface area contributed by atoms with Crippen LogP contribution in [0.2, 0.25) is 0 Å². The highest BCUT2D eigenvalue weighted by Gasteiger charge is 2.10. The van der Waals surface area contributed by atoms with E-state index < -0.39 is 0 Å². The molecule has 0 aliphatic rings. The Morgan fingerprint density at radius 2 is 1.95 bits per heavy atom. The van der Waals surface area contributed by atoms with Gasteiger partial charge in [0, 0.05) is 13.2 Å². The van der Waals surface area contributed by atoms with Crippen LogP contribution in [0.25, 0.3) is 11.0 Å². The molecule has 2 heterocycles. The minimum Gasteiger partial charge on any atom is -0.492 e. The fourth-order valence-electron chi connectivity index (χ4n) is 2.26. The van der Waals surface area contributed by atoms with Gasteiger partial charge in [-0.3, -0.25) is 14.1 Å². The number of ether oxygens (including phenoxy) is 1. The molecule has 0 radical (unpaired) electrons. The summed E-state index contributed by atoms with van der Waals surface area (Å²) in [6, 6.07) is 7.59. The summed E-state index contributed by atoms with van der Waals surface area (Å²) >= 11 is 0. The molecule has 0 aliphatic carbocycles. The molecule has 3 rings (SSSR count). The number of rotatable bonds is 4. The number of benzene rings is 1. The molecule has 0 amide bonds. The Kier molecular flexibility index (Phi) is 3.43. The molecule has 0 atom stereocenters. The number of nitrogens with zero attached hydrogens (tertiary/aromatic N) is 3. The topological polar surface area (TPSA) is 49.0 Å². The molecule has 3 aromatic rings. The SMILES string of the molecule is Cn1c(=O)n(CCOc2ccc(F)cc2)c2cnccc21. The number of aromatic nitrogens is 3. The van der Waals surface area contributed by atoms with E-state index in [0.29, 0.717) is 18.9 Å². The van der Waals surface area contributed by atoms with Gasteiger partial charge >= 0.3 is 5.69 Å². The Balaban J connectivity index is 1.78. The van der Waals surface area contributed by atoms with E-state index in [-0.39, 0.29) is 11.5 Å². The highest BCUT2D eigenvalue weighted by molar-refractivity contribution is 5.74. The minimum atomic E-state index is -0.307. The van der Waals surface area contributed by atoms with Crippen molar-refractivity contribution < 1.29 is 9.13 Å². The fraction of sp³-hybridized carbons (Fsp3) is 0.200. The third-order valence-corrected chi connectivity index (χ3v) is 3.34. The Bertz CT molecular complexity index is 821. The van der Waals surface area contributed by atoms with Crippen LogP contribution in [0, 0.1) is 5.82 Å². The van der Waals surface area contributed by atoms with Crippen LogP contribution in [0.4, 0.5) is 4.39 Å². The molecule has 2 aromatic heterocycles. The highest BCUT2D eigenvalue weighted by Crippen LogP contribution is 2.12. The summed E-state index contributed by atoms with van der Waals surface area (Å²) in [7, 11) is 1.72. The van der Waals surface area contributed by atoms with E-state index in [4.69, 9.17) is 4.74 Å². The molecule has 0 aliphatic heterocycles. The van der Waals surface area contributed by atoms with Crippen molar-refractivity contribution in [2.75, 3.05) is 6.61 Å². The van der Waals surface area contributed by atoms with E-state index in [9.17, 15) is 9.18 Å². The molecule has 0 saturated heterocycles. The van der Waals surface area contributed by atoms with Gasteiger partial charge < -0.3 is 4.74 Å². The van der Waals surface area contributed by atoms with Crippen molar-refractivity contribution in [2.45, 2.75) is 6.54 Å². The maximum absolute atomic E-state index is 12.8. The number of pyridine rings is 1. The largest absolute Gasteiger partial charge is 0.492 e. The van der Waals surface area contributed by atoms with Gasteiger partial charge in [-0.2, -0.15) is 0 Å². The standard InChI is InChI=1S/C15H14FN3O2/c1-18-13-6-7-17-10-14(13)19(15(18)20)8-9-21-12-4-2-11(16)3-5-12/h2-7,10H,8-9H2,1H3. The molecule has 6 heteroatoms. The lowest BCUT2D eigenvalue weighted by Crippen LogP contribution is -2.24. The monoisotopic (exact) mass is 287 g/mol. The van der Waals surface area contributed by atoms with Gasteiger partial charge in [-0.05, 0) is 30.3 Å². The van der Waals surface area contributed by atoms with E-state index in [2.05, 4.69) is 4.98 Å². The quantitative estimate of drug-likeness (QED) is 0.737. The number of hydrogen-bond acceptors (Lipinski definition) is 3. The van der Waals surface area contributed by atoms with E-state index in [1.807, 2.05) is 0 Å². The predicted molar refractivity (Wildman–Crippen MR) is 76.9 cm³/mol. The van der Waals surface area contributed by atoms with Crippen molar-refractivity contribution in [1.82, 2.24) is 14.1 Å². The molecule has 0 spiro atoms. The van der Waals surface area contributed by atoms with Crippen molar-refractivity contribution >= 4 is 11.0 Å². The van der Waals surface area contributed by atoms with Crippen LogP contribution in [-0.4, -0.2) is 20.7 Å². The average Bonchev–Trinajstić information content (AvgIpc) is 2.75. The summed E-state index contributed by atoms with van der Waals surface area (Å²) in [4.78, 5) is 16.2. The zero-order chi connectivity index (χ0) is 14.8. The summed E-state index contributed by atoms with van der Waals surface area (Å²) in [5.74, 6) is 0.265. The number of imidazole rings is 1. The van der Waals surface area contributed by atoms with Crippen LogP contribution < -0.4 is 10.4 Å². The molecular formula is C15H14FN3O2. The zero-order valence-corrected chi connectivity index (χ0v) is 11.5. The van der Waals surface area contributed by atoms with Gasteiger partial charge in [0.1, 0.15) is 18.2 Å². The predicted octanol–water partition coefficient (Wildman–Crippen LogP) is 1.95. The molecule has 108 valence electrons. The summed E-state index contributed by atoms with van der Waals surface area (Å²) in [6.45, 7) is 0.721. The van der Waals surface area contributed by atoms with Crippen LogP contribution in [-0.2, 0) is 13.6 Å². The second-order valence-electron chi connectivity index (χ2n) is 4.66. The highest BCUT2D eigenvalue weighted by atomic mass is 19.1. The molecule has 0 bridgehead atoms. The Morgan fingerprint density at radius 1 is 1.19 bits per heavy atom. The molecule has 0 unspecified atom stereocenters.